The van der Waals surface area contributed by atoms with Crippen LogP contribution in [-0.2, 0) is 13.0 Å². The quantitative estimate of drug-likeness (QED) is 0.762. The molecule has 0 aliphatic rings. The molecule has 0 radical (unpaired) electrons. The molecule has 2 aromatic heterocycles. The minimum atomic E-state index is 0.323. The number of hydrogen-bond donors (Lipinski definition) is 1. The van der Waals surface area contributed by atoms with Gasteiger partial charge in [0.1, 0.15) is 5.75 Å². The Hall–Kier alpha value is -2.30. The second-order valence-electron chi connectivity index (χ2n) is 4.37. The fourth-order valence-corrected chi connectivity index (χ4v) is 1.93. The number of aromatic nitrogens is 3. The summed E-state index contributed by atoms with van der Waals surface area (Å²) in [5.74, 6) is 2.05. The number of ether oxygens (including phenoxy) is 1. The van der Waals surface area contributed by atoms with Crippen molar-refractivity contribution in [3.63, 3.8) is 0 Å². The Bertz CT molecular complexity index is 672. The van der Waals surface area contributed by atoms with Crippen molar-refractivity contribution in [2.45, 2.75) is 26.4 Å². The molecule has 0 fully saturated rings. The Morgan fingerprint density at radius 2 is 2.26 bits per heavy atom. The monoisotopic (exact) mass is 257 g/mol. The fraction of sp³-hybridized carbons (Fsp3) is 0.286. The number of aromatic amines is 1. The smallest absolute Gasteiger partial charge is 0.226 e. The summed E-state index contributed by atoms with van der Waals surface area (Å²) in [5, 5.41) is 5.01. The van der Waals surface area contributed by atoms with Crippen LogP contribution < -0.4 is 4.74 Å². The second kappa shape index (κ2) is 5.14. The van der Waals surface area contributed by atoms with Gasteiger partial charge in [0.25, 0.3) is 0 Å². The van der Waals surface area contributed by atoms with Gasteiger partial charge in [0, 0.05) is 23.5 Å². The lowest BCUT2D eigenvalue weighted by Crippen LogP contribution is -1.97. The van der Waals surface area contributed by atoms with Gasteiger partial charge in [0.05, 0.1) is 0 Å². The van der Waals surface area contributed by atoms with E-state index in [1.807, 2.05) is 30.5 Å². The average molecular weight is 257 g/mol. The highest BCUT2D eigenvalue weighted by Gasteiger charge is 2.06. The van der Waals surface area contributed by atoms with Gasteiger partial charge in [-0.15, -0.1) is 0 Å². The van der Waals surface area contributed by atoms with E-state index >= 15 is 0 Å². The zero-order valence-electron chi connectivity index (χ0n) is 10.7. The molecule has 0 aliphatic heterocycles. The Morgan fingerprint density at radius 1 is 1.32 bits per heavy atom. The molecule has 0 saturated heterocycles. The summed E-state index contributed by atoms with van der Waals surface area (Å²) in [6, 6.07) is 7.91. The summed E-state index contributed by atoms with van der Waals surface area (Å²) < 4.78 is 10.8. The van der Waals surface area contributed by atoms with Crippen LogP contribution in [0.15, 0.2) is 35.0 Å². The molecule has 0 saturated carbocycles. The second-order valence-corrected chi connectivity index (χ2v) is 4.37. The van der Waals surface area contributed by atoms with Crippen molar-refractivity contribution in [3.8, 4) is 5.75 Å². The molecule has 19 heavy (non-hydrogen) atoms. The van der Waals surface area contributed by atoms with Crippen molar-refractivity contribution < 1.29 is 9.26 Å². The van der Waals surface area contributed by atoms with Gasteiger partial charge in [0.15, 0.2) is 6.61 Å². The van der Waals surface area contributed by atoms with Gasteiger partial charge >= 0.3 is 0 Å². The predicted octanol–water partition coefficient (Wildman–Crippen LogP) is 3.08. The van der Waals surface area contributed by atoms with Crippen LogP contribution in [0.4, 0.5) is 0 Å². The lowest BCUT2D eigenvalue weighted by atomic mass is 10.2. The van der Waals surface area contributed by atoms with E-state index in [9.17, 15) is 0 Å². The standard InChI is InChI=1S/C14H15N3O2/c1-2-3-14-16-13(17-19-14)9-18-11-4-5-12-10(8-11)6-7-15-12/h4-8,15H,2-3,9H2,1H3. The third-order valence-electron chi connectivity index (χ3n) is 2.87. The Labute approximate surface area is 110 Å². The summed E-state index contributed by atoms with van der Waals surface area (Å²) >= 11 is 0. The predicted molar refractivity (Wildman–Crippen MR) is 70.9 cm³/mol. The third-order valence-corrected chi connectivity index (χ3v) is 2.87. The van der Waals surface area contributed by atoms with Crippen molar-refractivity contribution in [1.29, 1.82) is 0 Å². The Balaban J connectivity index is 1.67. The van der Waals surface area contributed by atoms with Gasteiger partial charge in [-0.3, -0.25) is 0 Å². The number of hydrogen-bond acceptors (Lipinski definition) is 4. The first kappa shape index (κ1) is 11.8. The van der Waals surface area contributed by atoms with Crippen LogP contribution in [0.3, 0.4) is 0 Å². The first-order chi connectivity index (χ1) is 9.35. The van der Waals surface area contributed by atoms with Gasteiger partial charge in [0.2, 0.25) is 11.7 Å². The van der Waals surface area contributed by atoms with E-state index in [2.05, 4.69) is 22.0 Å². The SMILES string of the molecule is CCCc1nc(COc2ccc3[nH]ccc3c2)no1. The van der Waals surface area contributed by atoms with Crippen LogP contribution in [0.2, 0.25) is 0 Å². The molecule has 5 nitrogen and oxygen atoms in total. The molecule has 1 aromatic carbocycles. The molecule has 0 aliphatic carbocycles. The van der Waals surface area contributed by atoms with Gasteiger partial charge in [-0.05, 0) is 30.7 Å². The molecule has 0 unspecified atom stereocenters. The Kier molecular flexibility index (Phi) is 3.18. The number of aryl methyl sites for hydroxylation is 1. The van der Waals surface area contributed by atoms with E-state index in [0.717, 1.165) is 29.5 Å². The van der Waals surface area contributed by atoms with Crippen molar-refractivity contribution in [2.24, 2.45) is 0 Å². The normalized spacial score (nSPS) is 11.0. The number of nitrogens with one attached hydrogen (secondary N) is 1. The van der Waals surface area contributed by atoms with E-state index in [1.165, 1.54) is 0 Å². The molecular weight excluding hydrogens is 242 g/mol. The zero-order valence-corrected chi connectivity index (χ0v) is 10.7. The van der Waals surface area contributed by atoms with Crippen LogP contribution in [0, 0.1) is 0 Å². The van der Waals surface area contributed by atoms with Gasteiger partial charge in [-0.1, -0.05) is 12.1 Å². The minimum Gasteiger partial charge on any atom is -0.485 e. The van der Waals surface area contributed by atoms with Crippen molar-refractivity contribution in [2.75, 3.05) is 0 Å². The molecule has 0 bridgehead atoms. The largest absolute Gasteiger partial charge is 0.485 e. The van der Waals surface area contributed by atoms with Crippen molar-refractivity contribution >= 4 is 10.9 Å². The van der Waals surface area contributed by atoms with E-state index in [4.69, 9.17) is 9.26 Å². The number of H-pyrrole nitrogens is 1. The highest BCUT2D eigenvalue weighted by Crippen LogP contribution is 2.20. The molecule has 98 valence electrons. The molecule has 2 heterocycles. The molecular formula is C14H15N3O2. The highest BCUT2D eigenvalue weighted by molar-refractivity contribution is 5.80. The molecule has 0 amide bonds. The van der Waals surface area contributed by atoms with Gasteiger partial charge < -0.3 is 14.2 Å². The van der Waals surface area contributed by atoms with E-state index in [-0.39, 0.29) is 0 Å². The Morgan fingerprint density at radius 3 is 3.16 bits per heavy atom. The van der Waals surface area contributed by atoms with Crippen LogP contribution in [-0.4, -0.2) is 15.1 Å². The van der Waals surface area contributed by atoms with Gasteiger partial charge in [-0.2, -0.15) is 4.98 Å². The summed E-state index contributed by atoms with van der Waals surface area (Å²) in [7, 11) is 0. The van der Waals surface area contributed by atoms with E-state index in [1.54, 1.807) is 0 Å². The molecule has 1 N–H and O–H groups in total. The highest BCUT2D eigenvalue weighted by atomic mass is 16.5. The number of nitrogens with zero attached hydrogens (tertiary/aromatic N) is 2. The summed E-state index contributed by atoms with van der Waals surface area (Å²) in [4.78, 5) is 7.40. The maximum absolute atomic E-state index is 5.66. The minimum absolute atomic E-state index is 0.323. The lowest BCUT2D eigenvalue weighted by Gasteiger charge is -2.02. The average Bonchev–Trinajstić information content (AvgIpc) is 3.04. The third kappa shape index (κ3) is 2.59. The summed E-state index contributed by atoms with van der Waals surface area (Å²) in [6.45, 7) is 2.40. The number of fused-ring (bicyclic) bond motifs is 1. The molecule has 5 heteroatoms. The van der Waals surface area contributed by atoms with E-state index in [0.29, 0.717) is 18.3 Å². The zero-order chi connectivity index (χ0) is 13.1. The van der Waals surface area contributed by atoms with Crippen LogP contribution in [0.1, 0.15) is 25.1 Å². The first-order valence-corrected chi connectivity index (χ1v) is 6.36. The molecule has 3 aromatic rings. The maximum atomic E-state index is 5.66. The van der Waals surface area contributed by atoms with Crippen LogP contribution in [0.25, 0.3) is 10.9 Å². The summed E-state index contributed by atoms with van der Waals surface area (Å²) in [6.07, 6.45) is 3.71. The topological polar surface area (TPSA) is 63.9 Å². The molecule has 3 rings (SSSR count). The van der Waals surface area contributed by atoms with Crippen molar-refractivity contribution in [3.05, 3.63) is 42.2 Å². The summed E-state index contributed by atoms with van der Waals surface area (Å²) in [5.41, 5.74) is 1.09. The van der Waals surface area contributed by atoms with Crippen LogP contribution >= 0.6 is 0 Å². The van der Waals surface area contributed by atoms with Gasteiger partial charge in [-0.25, -0.2) is 0 Å². The number of benzene rings is 1. The van der Waals surface area contributed by atoms with Crippen LogP contribution in [0.5, 0.6) is 5.75 Å². The van der Waals surface area contributed by atoms with E-state index < -0.39 is 0 Å². The fourth-order valence-electron chi connectivity index (χ4n) is 1.93. The lowest BCUT2D eigenvalue weighted by molar-refractivity contribution is 0.285. The van der Waals surface area contributed by atoms with Crippen molar-refractivity contribution in [1.82, 2.24) is 15.1 Å². The maximum Gasteiger partial charge on any atom is 0.226 e. The molecule has 0 spiro atoms. The first-order valence-electron chi connectivity index (χ1n) is 6.36. The number of rotatable bonds is 5. The molecule has 0 atom stereocenters.